The van der Waals surface area contributed by atoms with Gasteiger partial charge >= 0.3 is 0 Å². The lowest BCUT2D eigenvalue weighted by atomic mass is 10.0. The Kier molecular flexibility index (Phi) is 3.17. The minimum Gasteiger partial charge on any atom is -0.318 e. The zero-order valence-corrected chi connectivity index (χ0v) is 8.64. The van der Waals surface area contributed by atoms with E-state index in [-0.39, 0.29) is 11.3 Å². The van der Waals surface area contributed by atoms with E-state index in [0.29, 0.717) is 4.47 Å². The number of nitrogens with two attached hydrogens (primary N) is 1. The number of ketones is 1. The number of carbonyl (C=O) groups is 1. The average Bonchev–Trinajstić information content (AvgIpc) is 2.08. The molecule has 0 spiro atoms. The van der Waals surface area contributed by atoms with Crippen LogP contribution in [0.3, 0.4) is 0 Å². The Morgan fingerprint density at radius 1 is 1.62 bits per heavy atom. The van der Waals surface area contributed by atoms with Crippen LogP contribution >= 0.6 is 15.9 Å². The molecule has 0 aliphatic carbocycles. The topological polar surface area (TPSA) is 43.1 Å². The van der Waals surface area contributed by atoms with Crippen molar-refractivity contribution < 1.29 is 9.18 Å². The standard InChI is InChI=1S/C9H9BrFNO/c1-5(13)9(12)7-4-6(10)2-3-8(7)11/h2-4,9H,12H2,1H3. The van der Waals surface area contributed by atoms with E-state index in [1.165, 1.54) is 19.1 Å². The first kappa shape index (κ1) is 10.3. The van der Waals surface area contributed by atoms with Gasteiger partial charge in [-0.2, -0.15) is 0 Å². The summed E-state index contributed by atoms with van der Waals surface area (Å²) in [4.78, 5) is 10.9. The molecule has 0 amide bonds. The van der Waals surface area contributed by atoms with E-state index >= 15 is 0 Å². The first-order valence-corrected chi connectivity index (χ1v) is 4.52. The lowest BCUT2D eigenvalue weighted by Gasteiger charge is -2.09. The number of hydrogen-bond acceptors (Lipinski definition) is 2. The van der Waals surface area contributed by atoms with E-state index in [4.69, 9.17) is 5.73 Å². The van der Waals surface area contributed by atoms with Crippen LogP contribution < -0.4 is 5.73 Å². The molecule has 0 aliphatic heterocycles. The van der Waals surface area contributed by atoms with Crippen molar-refractivity contribution in [2.24, 2.45) is 5.73 Å². The lowest BCUT2D eigenvalue weighted by Crippen LogP contribution is -2.19. The highest BCUT2D eigenvalue weighted by molar-refractivity contribution is 9.10. The van der Waals surface area contributed by atoms with Gasteiger partial charge in [-0.25, -0.2) is 4.39 Å². The predicted octanol–water partition coefficient (Wildman–Crippen LogP) is 2.18. The maximum Gasteiger partial charge on any atom is 0.151 e. The third-order valence-electron chi connectivity index (χ3n) is 1.73. The summed E-state index contributed by atoms with van der Waals surface area (Å²) in [6.45, 7) is 1.34. The average molecular weight is 246 g/mol. The molecule has 1 atom stereocenters. The number of hydrogen-bond donors (Lipinski definition) is 1. The number of benzene rings is 1. The molecule has 0 aromatic heterocycles. The summed E-state index contributed by atoms with van der Waals surface area (Å²) >= 11 is 3.18. The van der Waals surface area contributed by atoms with Crippen LogP contribution in [-0.4, -0.2) is 5.78 Å². The molecule has 70 valence electrons. The monoisotopic (exact) mass is 245 g/mol. The van der Waals surface area contributed by atoms with Crippen molar-refractivity contribution in [2.75, 3.05) is 0 Å². The third kappa shape index (κ3) is 2.35. The Morgan fingerprint density at radius 2 is 2.23 bits per heavy atom. The van der Waals surface area contributed by atoms with Gasteiger partial charge in [0.25, 0.3) is 0 Å². The fraction of sp³-hybridized carbons (Fsp3) is 0.222. The smallest absolute Gasteiger partial charge is 0.151 e. The fourth-order valence-corrected chi connectivity index (χ4v) is 1.35. The minimum atomic E-state index is -0.877. The van der Waals surface area contributed by atoms with E-state index in [1.807, 2.05) is 0 Å². The molecule has 0 aliphatic rings. The number of carbonyl (C=O) groups excluding carboxylic acids is 1. The molecule has 0 saturated carbocycles. The fourth-order valence-electron chi connectivity index (χ4n) is 0.972. The predicted molar refractivity (Wildman–Crippen MR) is 51.7 cm³/mol. The van der Waals surface area contributed by atoms with Crippen LogP contribution in [0.2, 0.25) is 0 Å². The zero-order chi connectivity index (χ0) is 10.0. The van der Waals surface area contributed by atoms with Gasteiger partial charge < -0.3 is 5.73 Å². The molecule has 0 fully saturated rings. The summed E-state index contributed by atoms with van der Waals surface area (Å²) in [5, 5.41) is 0. The molecule has 1 unspecified atom stereocenters. The zero-order valence-electron chi connectivity index (χ0n) is 7.05. The molecule has 0 heterocycles. The largest absolute Gasteiger partial charge is 0.318 e. The molecule has 0 radical (unpaired) electrons. The second kappa shape index (κ2) is 3.98. The Bertz CT molecular complexity index is 340. The van der Waals surface area contributed by atoms with Gasteiger partial charge in [-0.3, -0.25) is 4.79 Å². The van der Waals surface area contributed by atoms with E-state index < -0.39 is 11.9 Å². The van der Waals surface area contributed by atoms with E-state index in [9.17, 15) is 9.18 Å². The molecule has 1 aromatic carbocycles. The highest BCUT2D eigenvalue weighted by atomic mass is 79.9. The molecule has 1 rings (SSSR count). The van der Waals surface area contributed by atoms with Crippen molar-refractivity contribution in [2.45, 2.75) is 13.0 Å². The van der Waals surface area contributed by atoms with Crippen LogP contribution in [0.25, 0.3) is 0 Å². The van der Waals surface area contributed by atoms with Gasteiger partial charge in [0.2, 0.25) is 0 Å². The Morgan fingerprint density at radius 3 is 2.77 bits per heavy atom. The quantitative estimate of drug-likeness (QED) is 0.868. The van der Waals surface area contributed by atoms with Crippen molar-refractivity contribution in [1.29, 1.82) is 0 Å². The third-order valence-corrected chi connectivity index (χ3v) is 2.22. The summed E-state index contributed by atoms with van der Waals surface area (Å²) in [7, 11) is 0. The summed E-state index contributed by atoms with van der Waals surface area (Å²) < 4.78 is 13.8. The van der Waals surface area contributed by atoms with Gasteiger partial charge in [-0.1, -0.05) is 15.9 Å². The van der Waals surface area contributed by atoms with Crippen molar-refractivity contribution >= 4 is 21.7 Å². The summed E-state index contributed by atoms with van der Waals surface area (Å²) in [6.07, 6.45) is 0. The van der Waals surface area contributed by atoms with E-state index in [0.717, 1.165) is 0 Å². The molecule has 13 heavy (non-hydrogen) atoms. The molecule has 4 heteroatoms. The molecule has 0 saturated heterocycles. The molecule has 2 N–H and O–H groups in total. The Balaban J connectivity index is 3.12. The molecular formula is C9H9BrFNO. The summed E-state index contributed by atoms with van der Waals surface area (Å²) in [5.74, 6) is -0.706. The van der Waals surface area contributed by atoms with E-state index in [1.54, 1.807) is 6.07 Å². The number of rotatable bonds is 2. The maximum absolute atomic E-state index is 13.1. The van der Waals surface area contributed by atoms with Crippen molar-refractivity contribution in [3.63, 3.8) is 0 Å². The van der Waals surface area contributed by atoms with Crippen LogP contribution in [0.1, 0.15) is 18.5 Å². The van der Waals surface area contributed by atoms with Gasteiger partial charge in [0, 0.05) is 10.0 Å². The van der Waals surface area contributed by atoms with Gasteiger partial charge in [-0.05, 0) is 25.1 Å². The first-order valence-electron chi connectivity index (χ1n) is 3.73. The van der Waals surface area contributed by atoms with Gasteiger partial charge in [-0.15, -0.1) is 0 Å². The van der Waals surface area contributed by atoms with Gasteiger partial charge in [0.15, 0.2) is 5.78 Å². The van der Waals surface area contributed by atoms with Crippen LogP contribution in [0, 0.1) is 5.82 Å². The van der Waals surface area contributed by atoms with Gasteiger partial charge in [0.05, 0.1) is 6.04 Å². The summed E-state index contributed by atoms with van der Waals surface area (Å²) in [5.41, 5.74) is 5.72. The van der Waals surface area contributed by atoms with E-state index in [2.05, 4.69) is 15.9 Å². The van der Waals surface area contributed by atoms with Crippen molar-refractivity contribution in [3.8, 4) is 0 Å². The van der Waals surface area contributed by atoms with Crippen molar-refractivity contribution in [3.05, 3.63) is 34.1 Å². The number of halogens is 2. The Labute approximate surface area is 84.1 Å². The minimum absolute atomic E-state index is 0.224. The maximum atomic E-state index is 13.1. The highest BCUT2D eigenvalue weighted by Gasteiger charge is 2.15. The SMILES string of the molecule is CC(=O)C(N)c1cc(Br)ccc1F. The van der Waals surface area contributed by atoms with Crippen LogP contribution in [0.15, 0.2) is 22.7 Å². The second-order valence-corrected chi connectivity index (χ2v) is 3.67. The normalized spacial score (nSPS) is 12.6. The van der Waals surface area contributed by atoms with Crippen LogP contribution in [-0.2, 0) is 4.79 Å². The lowest BCUT2D eigenvalue weighted by molar-refractivity contribution is -0.118. The molecule has 1 aromatic rings. The summed E-state index contributed by atoms with van der Waals surface area (Å²) in [6, 6.07) is 3.48. The number of Topliss-reactive ketones (excluding diaryl/α,β-unsaturated/α-hetero) is 1. The molecule has 2 nitrogen and oxygen atoms in total. The van der Waals surface area contributed by atoms with Crippen molar-refractivity contribution in [1.82, 2.24) is 0 Å². The highest BCUT2D eigenvalue weighted by Crippen LogP contribution is 2.20. The van der Waals surface area contributed by atoms with Crippen LogP contribution in [0.5, 0.6) is 0 Å². The second-order valence-electron chi connectivity index (χ2n) is 2.75. The Hall–Kier alpha value is -0.740. The first-order chi connectivity index (χ1) is 6.02. The van der Waals surface area contributed by atoms with Gasteiger partial charge in [0.1, 0.15) is 5.82 Å². The molecular weight excluding hydrogens is 237 g/mol. The molecule has 0 bridgehead atoms. The van der Waals surface area contributed by atoms with Crippen LogP contribution in [0.4, 0.5) is 4.39 Å².